The summed E-state index contributed by atoms with van der Waals surface area (Å²) in [6.07, 6.45) is 5.97. The Kier molecular flexibility index (Phi) is 7.70. The van der Waals surface area contributed by atoms with Crippen molar-refractivity contribution in [3.63, 3.8) is 0 Å². The average Bonchev–Trinajstić information content (AvgIpc) is 3.16. The highest BCUT2D eigenvalue weighted by Gasteiger charge is 2.54. The van der Waals surface area contributed by atoms with Crippen LogP contribution in [0.25, 0.3) is 0 Å². The fourth-order valence-electron chi connectivity index (χ4n) is 6.91. The third kappa shape index (κ3) is 4.94. The minimum Gasteiger partial charge on any atom is -0.497 e. The Balaban J connectivity index is 1.39. The molecule has 1 spiro atoms. The van der Waals surface area contributed by atoms with Gasteiger partial charge in [0.1, 0.15) is 5.75 Å². The summed E-state index contributed by atoms with van der Waals surface area (Å²) in [4.78, 5) is 7.18. The molecule has 5 rings (SSSR count). The molecule has 1 N–H and O–H groups in total. The molecule has 2 aromatic carbocycles. The minimum atomic E-state index is -0.557. The van der Waals surface area contributed by atoms with Crippen LogP contribution in [0.5, 0.6) is 5.75 Å². The van der Waals surface area contributed by atoms with Crippen LogP contribution >= 0.6 is 0 Å². The van der Waals surface area contributed by atoms with Gasteiger partial charge in [-0.2, -0.15) is 0 Å². The Labute approximate surface area is 216 Å². The Bertz CT molecular complexity index is 967. The van der Waals surface area contributed by atoms with Crippen LogP contribution in [0, 0.1) is 5.92 Å². The van der Waals surface area contributed by atoms with E-state index >= 15 is 0 Å². The second kappa shape index (κ2) is 10.8. The van der Waals surface area contributed by atoms with Gasteiger partial charge in [0, 0.05) is 43.9 Å². The Morgan fingerprint density at radius 1 is 0.972 bits per heavy atom. The summed E-state index contributed by atoms with van der Waals surface area (Å²) in [5.74, 6) is 1.45. The summed E-state index contributed by atoms with van der Waals surface area (Å²) < 4.78 is 11.0. The topological polar surface area (TPSA) is 48.4 Å². The summed E-state index contributed by atoms with van der Waals surface area (Å²) in [6.45, 7) is 4.28. The highest BCUT2D eigenvalue weighted by molar-refractivity contribution is 5.28. The lowest BCUT2D eigenvalue weighted by Gasteiger charge is -2.52. The minimum absolute atomic E-state index is 0.00151. The lowest BCUT2D eigenvalue weighted by atomic mass is 9.68. The molecule has 196 valence electrons. The highest BCUT2D eigenvalue weighted by Crippen LogP contribution is 2.50. The monoisotopic (exact) mass is 493 g/mol. The van der Waals surface area contributed by atoms with Gasteiger partial charge in [-0.15, -0.1) is 0 Å². The van der Waals surface area contributed by atoms with Gasteiger partial charge in [-0.3, -0.25) is 14.7 Å². The number of methoxy groups -OCH3 is 1. The summed E-state index contributed by atoms with van der Waals surface area (Å²) in [6, 6.07) is 19.3. The van der Waals surface area contributed by atoms with Gasteiger partial charge in [0.05, 0.1) is 7.11 Å². The SMILES string of the molecule is COc1ccc(CN2CC3(CCC(c4ccccc4)(N(C)C)CC3)N(CC3CCOCC3)C2O)cc1. The molecule has 1 aliphatic carbocycles. The fraction of sp³-hybridized carbons (Fsp3) is 0.600. The molecule has 1 unspecified atom stereocenters. The van der Waals surface area contributed by atoms with Crippen LogP contribution < -0.4 is 4.74 Å². The van der Waals surface area contributed by atoms with Crippen LogP contribution in [0.15, 0.2) is 54.6 Å². The molecule has 3 fully saturated rings. The first-order valence-electron chi connectivity index (χ1n) is 13.6. The third-order valence-corrected chi connectivity index (χ3v) is 9.23. The van der Waals surface area contributed by atoms with E-state index in [1.165, 1.54) is 11.1 Å². The van der Waals surface area contributed by atoms with Gasteiger partial charge in [-0.25, -0.2) is 0 Å². The number of benzene rings is 2. The van der Waals surface area contributed by atoms with Crippen LogP contribution in [0.3, 0.4) is 0 Å². The van der Waals surface area contributed by atoms with Crippen molar-refractivity contribution in [3.05, 3.63) is 65.7 Å². The van der Waals surface area contributed by atoms with E-state index < -0.39 is 6.35 Å². The first kappa shape index (κ1) is 25.7. The largest absolute Gasteiger partial charge is 0.497 e. The molecule has 0 aromatic heterocycles. The van der Waals surface area contributed by atoms with Crippen molar-refractivity contribution in [1.29, 1.82) is 0 Å². The van der Waals surface area contributed by atoms with Gasteiger partial charge in [-0.1, -0.05) is 42.5 Å². The fourth-order valence-corrected chi connectivity index (χ4v) is 6.91. The van der Waals surface area contributed by atoms with E-state index in [0.29, 0.717) is 5.92 Å². The number of aliphatic hydroxyl groups excluding tert-OH is 1. The Morgan fingerprint density at radius 3 is 2.25 bits per heavy atom. The first-order valence-corrected chi connectivity index (χ1v) is 13.6. The maximum absolute atomic E-state index is 11.7. The summed E-state index contributed by atoms with van der Waals surface area (Å²) in [7, 11) is 6.15. The lowest BCUT2D eigenvalue weighted by Crippen LogP contribution is -2.57. The number of nitrogens with zero attached hydrogens (tertiary/aromatic N) is 3. The van der Waals surface area contributed by atoms with E-state index in [2.05, 4.69) is 71.3 Å². The smallest absolute Gasteiger partial charge is 0.166 e. The van der Waals surface area contributed by atoms with Crippen LogP contribution in [0.4, 0.5) is 0 Å². The molecule has 2 saturated heterocycles. The van der Waals surface area contributed by atoms with Gasteiger partial charge >= 0.3 is 0 Å². The van der Waals surface area contributed by atoms with Gasteiger partial charge < -0.3 is 14.6 Å². The normalized spacial score (nSPS) is 30.3. The zero-order valence-electron chi connectivity index (χ0n) is 22.2. The summed E-state index contributed by atoms with van der Waals surface area (Å²) in [5, 5.41) is 11.7. The van der Waals surface area contributed by atoms with Crippen LogP contribution in [-0.2, 0) is 16.8 Å². The molecule has 2 aliphatic heterocycles. The molecule has 3 aliphatic rings. The molecule has 2 aromatic rings. The molecule has 0 bridgehead atoms. The van der Waals surface area contributed by atoms with Crippen molar-refractivity contribution in [2.75, 3.05) is 47.5 Å². The molecule has 2 heterocycles. The molecule has 0 amide bonds. The zero-order valence-corrected chi connectivity index (χ0v) is 22.2. The van der Waals surface area contributed by atoms with Crippen molar-refractivity contribution < 1.29 is 14.6 Å². The third-order valence-electron chi connectivity index (χ3n) is 9.23. The first-order chi connectivity index (χ1) is 17.5. The van der Waals surface area contributed by atoms with E-state index in [1.807, 2.05) is 12.1 Å². The van der Waals surface area contributed by atoms with Gasteiger partial charge in [0.25, 0.3) is 0 Å². The standard InChI is InChI=1S/C30H43N3O3/c1-31(2)30(26-7-5-4-6-8-26)17-15-29(16-18-30)23-32(21-24-9-11-27(35-3)12-10-24)28(34)33(29)22-25-13-19-36-20-14-25/h4-12,25,28,34H,13-23H2,1-3H3. The predicted molar refractivity (Wildman–Crippen MR) is 143 cm³/mol. The molecular weight excluding hydrogens is 450 g/mol. The number of aliphatic hydroxyl groups is 1. The van der Waals surface area contributed by atoms with E-state index in [4.69, 9.17) is 9.47 Å². The number of hydrogen-bond donors (Lipinski definition) is 1. The second-order valence-electron chi connectivity index (χ2n) is 11.3. The Hall–Kier alpha value is -1.96. The Morgan fingerprint density at radius 2 is 1.64 bits per heavy atom. The van der Waals surface area contributed by atoms with Gasteiger partial charge in [0.15, 0.2) is 6.35 Å². The zero-order chi connectivity index (χ0) is 25.2. The van der Waals surface area contributed by atoms with Crippen molar-refractivity contribution in [2.45, 2.75) is 62.5 Å². The molecule has 1 atom stereocenters. The van der Waals surface area contributed by atoms with Gasteiger partial charge in [0.2, 0.25) is 0 Å². The summed E-state index contributed by atoms with van der Waals surface area (Å²) >= 11 is 0. The number of ether oxygens (including phenoxy) is 2. The average molecular weight is 494 g/mol. The molecule has 6 nitrogen and oxygen atoms in total. The van der Waals surface area contributed by atoms with Crippen molar-refractivity contribution >= 4 is 0 Å². The quantitative estimate of drug-likeness (QED) is 0.621. The molecular formula is C30H43N3O3. The molecule has 6 heteroatoms. The highest BCUT2D eigenvalue weighted by atomic mass is 16.5. The van der Waals surface area contributed by atoms with Crippen molar-refractivity contribution in [2.24, 2.45) is 5.92 Å². The van der Waals surface area contributed by atoms with Gasteiger partial charge in [-0.05, 0) is 81.8 Å². The van der Waals surface area contributed by atoms with E-state index in [0.717, 1.165) is 77.1 Å². The number of hydrogen-bond acceptors (Lipinski definition) is 6. The predicted octanol–water partition coefficient (Wildman–Crippen LogP) is 4.29. The van der Waals surface area contributed by atoms with Crippen LogP contribution in [0.2, 0.25) is 0 Å². The molecule has 0 radical (unpaired) electrons. The van der Waals surface area contributed by atoms with Crippen molar-refractivity contribution in [3.8, 4) is 5.75 Å². The van der Waals surface area contributed by atoms with Crippen LogP contribution in [-0.4, -0.2) is 79.2 Å². The maximum atomic E-state index is 11.7. The van der Waals surface area contributed by atoms with E-state index in [9.17, 15) is 5.11 Å². The maximum Gasteiger partial charge on any atom is 0.166 e. The van der Waals surface area contributed by atoms with E-state index in [-0.39, 0.29) is 11.1 Å². The number of rotatable bonds is 7. The summed E-state index contributed by atoms with van der Waals surface area (Å²) in [5.41, 5.74) is 2.67. The lowest BCUT2D eigenvalue weighted by molar-refractivity contribution is -0.105. The molecule has 1 saturated carbocycles. The second-order valence-corrected chi connectivity index (χ2v) is 11.3. The van der Waals surface area contributed by atoms with E-state index in [1.54, 1.807) is 7.11 Å². The van der Waals surface area contributed by atoms with Crippen LogP contribution in [0.1, 0.15) is 49.7 Å². The molecule has 36 heavy (non-hydrogen) atoms. The van der Waals surface area contributed by atoms with Crippen molar-refractivity contribution in [1.82, 2.24) is 14.7 Å².